The number of aliphatic hydroxyl groups excluding tert-OH is 1. The third-order valence-electron chi connectivity index (χ3n) is 1.98. The molecule has 1 aromatic carbocycles. The number of aliphatic hydroxyl groups is 1. The van der Waals surface area contributed by atoms with Gasteiger partial charge in [0.25, 0.3) is 0 Å². The number of benzene rings is 1. The van der Waals surface area contributed by atoms with E-state index in [4.69, 9.17) is 5.11 Å². The smallest absolute Gasteiger partial charge is 0.129 e. The predicted octanol–water partition coefficient (Wildman–Crippen LogP) is 2.58. The molecule has 13 heavy (non-hydrogen) atoms. The summed E-state index contributed by atoms with van der Waals surface area (Å²) >= 11 is 0. The van der Waals surface area contributed by atoms with E-state index in [9.17, 15) is 8.78 Å². The average molecular weight is 186 g/mol. The van der Waals surface area contributed by atoms with Crippen LogP contribution in [0.25, 0.3) is 0 Å². The molecule has 0 aliphatic rings. The number of hydrogen-bond acceptors (Lipinski definition) is 1. The molecule has 1 N–H and O–H groups in total. The molecule has 72 valence electrons. The first kappa shape index (κ1) is 10.1. The highest BCUT2D eigenvalue weighted by molar-refractivity contribution is 5.32. The molecule has 0 aliphatic carbocycles. The van der Waals surface area contributed by atoms with Crippen LogP contribution in [-0.4, -0.2) is 5.11 Å². The standard InChI is InChI=1S/C10H12F2O/c1-6(2)10-7(5-13)8(11)3-4-9(10)12/h3-4,6,13H,5H2,1-2H3. The number of halogens is 2. The molecule has 0 saturated heterocycles. The Morgan fingerprint density at radius 2 is 1.77 bits per heavy atom. The molecule has 0 spiro atoms. The van der Waals surface area contributed by atoms with E-state index in [2.05, 4.69) is 0 Å². The van der Waals surface area contributed by atoms with Gasteiger partial charge in [0, 0.05) is 5.56 Å². The molecular weight excluding hydrogens is 174 g/mol. The van der Waals surface area contributed by atoms with Crippen molar-refractivity contribution in [3.8, 4) is 0 Å². The van der Waals surface area contributed by atoms with Crippen molar-refractivity contribution in [2.24, 2.45) is 0 Å². The monoisotopic (exact) mass is 186 g/mol. The lowest BCUT2D eigenvalue weighted by Gasteiger charge is -2.12. The lowest BCUT2D eigenvalue weighted by Crippen LogP contribution is -2.03. The third kappa shape index (κ3) is 1.86. The SMILES string of the molecule is CC(C)c1c(F)ccc(F)c1CO. The van der Waals surface area contributed by atoms with Crippen LogP contribution in [0.15, 0.2) is 12.1 Å². The first-order valence-corrected chi connectivity index (χ1v) is 4.15. The Bertz CT molecular complexity index is 308. The molecule has 0 amide bonds. The van der Waals surface area contributed by atoms with Crippen LogP contribution in [0.2, 0.25) is 0 Å². The van der Waals surface area contributed by atoms with Crippen LogP contribution in [-0.2, 0) is 6.61 Å². The average Bonchev–Trinajstić information content (AvgIpc) is 2.07. The molecule has 0 heterocycles. The van der Waals surface area contributed by atoms with Crippen LogP contribution in [0.5, 0.6) is 0 Å². The van der Waals surface area contributed by atoms with E-state index in [1.54, 1.807) is 13.8 Å². The van der Waals surface area contributed by atoms with Gasteiger partial charge in [-0.2, -0.15) is 0 Å². The Morgan fingerprint density at radius 3 is 2.15 bits per heavy atom. The minimum atomic E-state index is -0.549. The predicted molar refractivity (Wildman–Crippen MR) is 46.4 cm³/mol. The van der Waals surface area contributed by atoms with Gasteiger partial charge >= 0.3 is 0 Å². The molecule has 0 bridgehead atoms. The van der Waals surface area contributed by atoms with Crippen molar-refractivity contribution in [3.63, 3.8) is 0 Å². The van der Waals surface area contributed by atoms with Crippen molar-refractivity contribution in [1.82, 2.24) is 0 Å². The Hall–Kier alpha value is -0.960. The van der Waals surface area contributed by atoms with Crippen molar-refractivity contribution in [2.75, 3.05) is 0 Å². The van der Waals surface area contributed by atoms with Crippen molar-refractivity contribution in [2.45, 2.75) is 26.4 Å². The maximum absolute atomic E-state index is 13.2. The zero-order valence-electron chi connectivity index (χ0n) is 7.64. The molecule has 1 aromatic rings. The second-order valence-electron chi connectivity index (χ2n) is 3.23. The summed E-state index contributed by atoms with van der Waals surface area (Å²) in [6, 6.07) is 2.12. The maximum atomic E-state index is 13.2. The molecule has 3 heteroatoms. The van der Waals surface area contributed by atoms with Crippen molar-refractivity contribution < 1.29 is 13.9 Å². The van der Waals surface area contributed by atoms with Gasteiger partial charge in [-0.3, -0.25) is 0 Å². The summed E-state index contributed by atoms with van der Waals surface area (Å²) in [6.45, 7) is 3.06. The Labute approximate surface area is 76.0 Å². The van der Waals surface area contributed by atoms with Crippen LogP contribution >= 0.6 is 0 Å². The molecule has 0 atom stereocenters. The lowest BCUT2D eigenvalue weighted by atomic mass is 9.96. The maximum Gasteiger partial charge on any atom is 0.129 e. The first-order chi connectivity index (χ1) is 6.07. The van der Waals surface area contributed by atoms with E-state index in [-0.39, 0.29) is 17.0 Å². The minimum Gasteiger partial charge on any atom is -0.392 e. The van der Waals surface area contributed by atoms with Crippen LogP contribution in [0, 0.1) is 11.6 Å². The zero-order chi connectivity index (χ0) is 10.0. The molecule has 0 saturated carbocycles. The highest BCUT2D eigenvalue weighted by Gasteiger charge is 2.15. The summed E-state index contributed by atoms with van der Waals surface area (Å²) in [5, 5.41) is 8.87. The summed E-state index contributed by atoms with van der Waals surface area (Å²) in [4.78, 5) is 0. The topological polar surface area (TPSA) is 20.2 Å². The highest BCUT2D eigenvalue weighted by Crippen LogP contribution is 2.24. The van der Waals surface area contributed by atoms with Crippen molar-refractivity contribution in [1.29, 1.82) is 0 Å². The summed E-state index contributed by atoms with van der Waals surface area (Å²) in [5.74, 6) is -1.13. The Balaban J connectivity index is 3.35. The highest BCUT2D eigenvalue weighted by atomic mass is 19.1. The van der Waals surface area contributed by atoms with Gasteiger partial charge in [-0.15, -0.1) is 0 Å². The van der Waals surface area contributed by atoms with Gasteiger partial charge in [-0.1, -0.05) is 13.8 Å². The van der Waals surface area contributed by atoms with Crippen molar-refractivity contribution >= 4 is 0 Å². The largest absolute Gasteiger partial charge is 0.392 e. The van der Waals surface area contributed by atoms with E-state index in [0.29, 0.717) is 0 Å². The molecular formula is C10H12F2O. The van der Waals surface area contributed by atoms with Gasteiger partial charge in [-0.25, -0.2) is 8.78 Å². The fourth-order valence-corrected chi connectivity index (χ4v) is 1.39. The van der Waals surface area contributed by atoms with Crippen LogP contribution < -0.4 is 0 Å². The third-order valence-corrected chi connectivity index (χ3v) is 1.98. The number of hydrogen-bond donors (Lipinski definition) is 1. The summed E-state index contributed by atoms with van der Waals surface area (Å²) in [5.41, 5.74) is 0.331. The Morgan fingerprint density at radius 1 is 1.23 bits per heavy atom. The van der Waals surface area contributed by atoms with E-state index in [0.717, 1.165) is 12.1 Å². The van der Waals surface area contributed by atoms with Gasteiger partial charge in [0.05, 0.1) is 6.61 Å². The van der Waals surface area contributed by atoms with Crippen LogP contribution in [0.4, 0.5) is 8.78 Å². The lowest BCUT2D eigenvalue weighted by molar-refractivity contribution is 0.272. The van der Waals surface area contributed by atoms with Gasteiger partial charge in [0.2, 0.25) is 0 Å². The fourth-order valence-electron chi connectivity index (χ4n) is 1.39. The molecule has 1 nitrogen and oxygen atoms in total. The van der Waals surface area contributed by atoms with E-state index < -0.39 is 18.2 Å². The molecule has 0 unspecified atom stereocenters. The van der Waals surface area contributed by atoms with Crippen molar-refractivity contribution in [3.05, 3.63) is 34.9 Å². The van der Waals surface area contributed by atoms with Gasteiger partial charge in [0.15, 0.2) is 0 Å². The molecule has 0 aromatic heterocycles. The first-order valence-electron chi connectivity index (χ1n) is 4.15. The number of rotatable bonds is 2. The molecule has 0 fully saturated rings. The quantitative estimate of drug-likeness (QED) is 0.752. The fraction of sp³-hybridized carbons (Fsp3) is 0.400. The molecule has 0 aliphatic heterocycles. The normalized spacial score (nSPS) is 10.9. The van der Waals surface area contributed by atoms with Gasteiger partial charge < -0.3 is 5.11 Å². The molecule has 0 radical (unpaired) electrons. The second kappa shape index (κ2) is 3.83. The zero-order valence-corrected chi connectivity index (χ0v) is 7.64. The Kier molecular flexibility index (Phi) is 2.98. The second-order valence-corrected chi connectivity index (χ2v) is 3.23. The van der Waals surface area contributed by atoms with Crippen LogP contribution in [0.3, 0.4) is 0 Å². The summed E-state index contributed by atoms with van der Waals surface area (Å²) in [7, 11) is 0. The van der Waals surface area contributed by atoms with E-state index in [1.807, 2.05) is 0 Å². The van der Waals surface area contributed by atoms with E-state index in [1.165, 1.54) is 0 Å². The van der Waals surface area contributed by atoms with E-state index >= 15 is 0 Å². The van der Waals surface area contributed by atoms with Gasteiger partial charge in [-0.05, 0) is 23.6 Å². The molecule has 1 rings (SSSR count). The van der Waals surface area contributed by atoms with Crippen LogP contribution in [0.1, 0.15) is 30.9 Å². The minimum absolute atomic E-state index is 0.0648. The summed E-state index contributed by atoms with van der Waals surface area (Å²) in [6.07, 6.45) is 0. The van der Waals surface area contributed by atoms with Gasteiger partial charge in [0.1, 0.15) is 11.6 Å². The summed E-state index contributed by atoms with van der Waals surface area (Å²) < 4.78 is 26.3.